The minimum Gasteiger partial charge on any atom is -0.339 e. The number of piperazine rings is 1. The number of amides is 2. The Morgan fingerprint density at radius 1 is 1.14 bits per heavy atom. The molecule has 0 saturated carbocycles. The fraction of sp³-hybridized carbons (Fsp3) is 0.593. The summed E-state index contributed by atoms with van der Waals surface area (Å²) in [6.45, 7) is 11.9. The number of amidine groups is 1. The van der Waals surface area contributed by atoms with Crippen molar-refractivity contribution < 1.29 is 18.4 Å². The SMILES string of the molecule is C/C=C(\N=C(\CCCC(C)(F)F)N(CC(=O)N1CCN(CCC)CC1)C(C)=O)c1ccc(C)cc1. The van der Waals surface area contributed by atoms with E-state index in [1.807, 2.05) is 44.2 Å². The van der Waals surface area contributed by atoms with Gasteiger partial charge in [-0.05, 0) is 45.7 Å². The maximum atomic E-state index is 13.5. The van der Waals surface area contributed by atoms with E-state index in [4.69, 9.17) is 4.99 Å². The van der Waals surface area contributed by atoms with Gasteiger partial charge in [-0.1, -0.05) is 42.8 Å². The van der Waals surface area contributed by atoms with Crippen molar-refractivity contribution in [1.29, 1.82) is 0 Å². The lowest BCUT2D eigenvalue weighted by Gasteiger charge is -2.35. The number of halogens is 2. The molecule has 0 aliphatic carbocycles. The molecule has 1 fully saturated rings. The normalized spacial score (nSPS) is 15.9. The molecule has 1 aromatic carbocycles. The van der Waals surface area contributed by atoms with Gasteiger partial charge in [0.2, 0.25) is 17.7 Å². The quantitative estimate of drug-likeness (QED) is 0.343. The molecule has 2 rings (SSSR count). The summed E-state index contributed by atoms with van der Waals surface area (Å²) in [6.07, 6.45) is 2.90. The van der Waals surface area contributed by atoms with E-state index in [1.165, 1.54) is 11.8 Å². The van der Waals surface area contributed by atoms with Crippen LogP contribution in [0.15, 0.2) is 35.3 Å². The van der Waals surface area contributed by atoms with Crippen molar-refractivity contribution >= 4 is 23.3 Å². The number of carbonyl (C=O) groups is 2. The first-order valence-electron chi connectivity index (χ1n) is 12.5. The molecule has 194 valence electrons. The molecule has 2 amide bonds. The molecular weight excluding hydrogens is 450 g/mol. The van der Waals surface area contributed by atoms with Crippen LogP contribution in [0.3, 0.4) is 0 Å². The van der Waals surface area contributed by atoms with Crippen molar-refractivity contribution in [2.24, 2.45) is 4.99 Å². The first-order chi connectivity index (χ1) is 16.5. The summed E-state index contributed by atoms with van der Waals surface area (Å²) in [5.41, 5.74) is 2.60. The number of aryl methyl sites for hydroxylation is 1. The van der Waals surface area contributed by atoms with Crippen molar-refractivity contribution in [2.45, 2.75) is 66.2 Å². The molecular formula is C27H40F2N4O2. The first-order valence-corrected chi connectivity index (χ1v) is 12.5. The van der Waals surface area contributed by atoms with E-state index in [1.54, 1.807) is 4.90 Å². The molecule has 1 aromatic rings. The lowest BCUT2D eigenvalue weighted by atomic mass is 10.1. The van der Waals surface area contributed by atoms with Gasteiger partial charge in [0.15, 0.2) is 0 Å². The Kier molecular flexibility index (Phi) is 11.0. The Hall–Kier alpha value is -2.61. The van der Waals surface area contributed by atoms with Crippen LogP contribution in [0.4, 0.5) is 8.78 Å². The van der Waals surface area contributed by atoms with Gasteiger partial charge in [0.25, 0.3) is 0 Å². The minimum atomic E-state index is -2.81. The summed E-state index contributed by atoms with van der Waals surface area (Å²) in [7, 11) is 0. The number of carbonyl (C=O) groups excluding carboxylic acids is 2. The predicted octanol–water partition coefficient (Wildman–Crippen LogP) is 4.98. The molecule has 6 nitrogen and oxygen atoms in total. The van der Waals surface area contributed by atoms with Crippen LogP contribution in [-0.2, 0) is 9.59 Å². The Morgan fingerprint density at radius 2 is 1.77 bits per heavy atom. The lowest BCUT2D eigenvalue weighted by molar-refractivity contribution is -0.137. The van der Waals surface area contributed by atoms with Gasteiger partial charge in [-0.2, -0.15) is 0 Å². The molecule has 8 heteroatoms. The second-order valence-corrected chi connectivity index (χ2v) is 9.32. The standard InChI is InChI=1S/C27H40F2N4O2/c1-6-15-31-16-18-32(19-17-31)26(35)20-33(22(4)34)25(9-8-14-27(5,28)29)30-24(7-2)23-12-10-21(3)11-13-23/h7,10-13H,6,8-9,14-20H2,1-5H3/b24-7-,30-25-. The van der Waals surface area contributed by atoms with Gasteiger partial charge in [-0.3, -0.25) is 19.4 Å². The van der Waals surface area contributed by atoms with E-state index >= 15 is 0 Å². The molecule has 0 radical (unpaired) electrons. The van der Waals surface area contributed by atoms with E-state index in [0.717, 1.165) is 44.1 Å². The zero-order valence-electron chi connectivity index (χ0n) is 21.8. The van der Waals surface area contributed by atoms with Crippen LogP contribution < -0.4 is 0 Å². The average molecular weight is 491 g/mol. The molecule has 1 saturated heterocycles. The summed E-state index contributed by atoms with van der Waals surface area (Å²) in [5.74, 6) is -2.94. The molecule has 0 N–H and O–H groups in total. The Balaban J connectivity index is 2.26. The molecule has 1 heterocycles. The van der Waals surface area contributed by atoms with Gasteiger partial charge in [0.1, 0.15) is 12.4 Å². The maximum Gasteiger partial charge on any atom is 0.245 e. The number of alkyl halides is 2. The first kappa shape index (κ1) is 28.6. The number of rotatable bonds is 10. The van der Waals surface area contributed by atoms with Crippen molar-refractivity contribution in [2.75, 3.05) is 39.3 Å². The van der Waals surface area contributed by atoms with Crippen molar-refractivity contribution in [1.82, 2.24) is 14.7 Å². The summed E-state index contributed by atoms with van der Waals surface area (Å²) >= 11 is 0. The zero-order chi connectivity index (χ0) is 26.0. The Morgan fingerprint density at radius 3 is 2.29 bits per heavy atom. The van der Waals surface area contributed by atoms with E-state index in [9.17, 15) is 18.4 Å². The number of hydrogen-bond acceptors (Lipinski definition) is 4. The van der Waals surface area contributed by atoms with Crippen LogP contribution in [0, 0.1) is 6.92 Å². The van der Waals surface area contributed by atoms with Crippen LogP contribution in [0.2, 0.25) is 0 Å². The summed E-state index contributed by atoms with van der Waals surface area (Å²) < 4.78 is 27.0. The average Bonchev–Trinajstić information content (AvgIpc) is 2.80. The van der Waals surface area contributed by atoms with Gasteiger partial charge >= 0.3 is 0 Å². The third-order valence-corrected chi connectivity index (χ3v) is 6.14. The molecule has 1 aliphatic heterocycles. The van der Waals surface area contributed by atoms with E-state index in [-0.39, 0.29) is 37.6 Å². The fourth-order valence-corrected chi connectivity index (χ4v) is 4.12. The third-order valence-electron chi connectivity index (χ3n) is 6.14. The molecule has 1 aliphatic rings. The Labute approximate surface area is 208 Å². The number of hydrogen-bond donors (Lipinski definition) is 0. The number of allylic oxidation sites excluding steroid dienone is 1. The Bertz CT molecular complexity index is 899. The monoisotopic (exact) mass is 490 g/mol. The summed E-state index contributed by atoms with van der Waals surface area (Å²) in [4.78, 5) is 35.9. The van der Waals surface area contributed by atoms with E-state index in [2.05, 4.69) is 11.8 Å². The van der Waals surface area contributed by atoms with Crippen LogP contribution in [0.5, 0.6) is 0 Å². The number of aliphatic imine (C=N–C) groups is 1. The number of benzene rings is 1. The molecule has 0 atom stereocenters. The van der Waals surface area contributed by atoms with Gasteiger partial charge in [0.05, 0.1) is 5.70 Å². The van der Waals surface area contributed by atoms with Crippen molar-refractivity contribution in [3.8, 4) is 0 Å². The molecule has 0 bridgehead atoms. The number of nitrogens with zero attached hydrogens (tertiary/aromatic N) is 4. The highest BCUT2D eigenvalue weighted by Gasteiger charge is 2.27. The summed E-state index contributed by atoms with van der Waals surface area (Å²) in [6, 6.07) is 7.81. The highest BCUT2D eigenvalue weighted by molar-refractivity contribution is 6.02. The van der Waals surface area contributed by atoms with Gasteiger partial charge in [-0.15, -0.1) is 0 Å². The van der Waals surface area contributed by atoms with E-state index in [0.29, 0.717) is 24.6 Å². The van der Waals surface area contributed by atoms with E-state index < -0.39 is 5.92 Å². The largest absolute Gasteiger partial charge is 0.339 e. The molecule has 0 spiro atoms. The fourth-order valence-electron chi connectivity index (χ4n) is 4.12. The second kappa shape index (κ2) is 13.5. The van der Waals surface area contributed by atoms with Crippen LogP contribution >= 0.6 is 0 Å². The highest BCUT2D eigenvalue weighted by atomic mass is 19.3. The molecule has 0 aromatic heterocycles. The minimum absolute atomic E-state index is 0.143. The van der Waals surface area contributed by atoms with Crippen LogP contribution in [0.1, 0.15) is 64.5 Å². The smallest absolute Gasteiger partial charge is 0.245 e. The van der Waals surface area contributed by atoms with Gasteiger partial charge in [-0.25, -0.2) is 13.8 Å². The van der Waals surface area contributed by atoms with Crippen LogP contribution in [-0.4, -0.2) is 77.5 Å². The van der Waals surface area contributed by atoms with Crippen molar-refractivity contribution in [3.63, 3.8) is 0 Å². The lowest BCUT2D eigenvalue weighted by Crippen LogP contribution is -2.52. The molecule has 0 unspecified atom stereocenters. The van der Waals surface area contributed by atoms with Crippen LogP contribution in [0.25, 0.3) is 5.70 Å². The topological polar surface area (TPSA) is 56.2 Å². The molecule has 35 heavy (non-hydrogen) atoms. The highest BCUT2D eigenvalue weighted by Crippen LogP contribution is 2.23. The van der Waals surface area contributed by atoms with Gasteiger partial charge < -0.3 is 4.90 Å². The third kappa shape index (κ3) is 9.51. The summed E-state index contributed by atoms with van der Waals surface area (Å²) in [5, 5.41) is 0. The zero-order valence-corrected chi connectivity index (χ0v) is 21.8. The van der Waals surface area contributed by atoms with Gasteiger partial charge in [0, 0.05) is 45.9 Å². The predicted molar refractivity (Wildman–Crippen MR) is 137 cm³/mol. The van der Waals surface area contributed by atoms with Crippen molar-refractivity contribution in [3.05, 3.63) is 41.5 Å². The second-order valence-electron chi connectivity index (χ2n) is 9.32. The maximum absolute atomic E-state index is 13.5.